The number of carbonyl (C=O) groups is 1. The summed E-state index contributed by atoms with van der Waals surface area (Å²) < 4.78 is 1.42. The third kappa shape index (κ3) is 4.05. The molecule has 134 valence electrons. The van der Waals surface area contributed by atoms with Gasteiger partial charge in [-0.2, -0.15) is 0 Å². The molecule has 26 heavy (non-hydrogen) atoms. The van der Waals surface area contributed by atoms with E-state index in [4.69, 9.17) is 5.84 Å². The predicted octanol–water partition coefficient (Wildman–Crippen LogP) is 3.40. The molecule has 0 fully saturated rings. The van der Waals surface area contributed by atoms with Gasteiger partial charge in [-0.1, -0.05) is 59.3 Å². The SMILES string of the molecule is Cc1ccc(NC(=O)C(C)Sc2nnc(-c3ccc(C)cc3)n2N)cc1. The average molecular weight is 367 g/mol. The van der Waals surface area contributed by atoms with Crippen molar-refractivity contribution in [3.63, 3.8) is 0 Å². The number of hydrogen-bond donors (Lipinski definition) is 2. The van der Waals surface area contributed by atoms with E-state index in [-0.39, 0.29) is 11.2 Å². The number of anilines is 1. The molecule has 3 rings (SSSR count). The average Bonchev–Trinajstić information content (AvgIpc) is 2.98. The molecule has 7 heteroatoms. The van der Waals surface area contributed by atoms with Crippen molar-refractivity contribution in [2.75, 3.05) is 11.2 Å². The zero-order valence-electron chi connectivity index (χ0n) is 14.9. The van der Waals surface area contributed by atoms with Crippen LogP contribution in [0.5, 0.6) is 0 Å². The molecule has 0 saturated heterocycles. The molecule has 2 aromatic carbocycles. The quantitative estimate of drug-likeness (QED) is 0.533. The number of nitrogen functional groups attached to an aromatic ring is 1. The van der Waals surface area contributed by atoms with Gasteiger partial charge in [0, 0.05) is 11.3 Å². The van der Waals surface area contributed by atoms with Crippen LogP contribution >= 0.6 is 11.8 Å². The Hall–Kier alpha value is -2.80. The molecule has 0 aliphatic heterocycles. The number of carbonyl (C=O) groups excluding carboxylic acids is 1. The lowest BCUT2D eigenvalue weighted by Crippen LogP contribution is -2.23. The minimum Gasteiger partial charge on any atom is -0.335 e. The second-order valence-corrected chi connectivity index (χ2v) is 7.47. The number of benzene rings is 2. The lowest BCUT2D eigenvalue weighted by molar-refractivity contribution is -0.115. The molecule has 0 saturated carbocycles. The Morgan fingerprint density at radius 1 is 1.04 bits per heavy atom. The Kier molecular flexibility index (Phi) is 5.27. The first-order valence-corrected chi connectivity index (χ1v) is 9.13. The van der Waals surface area contributed by atoms with Crippen LogP contribution in [0.1, 0.15) is 18.1 Å². The summed E-state index contributed by atoms with van der Waals surface area (Å²) in [4.78, 5) is 12.4. The van der Waals surface area contributed by atoms with Gasteiger partial charge in [-0.3, -0.25) is 4.79 Å². The van der Waals surface area contributed by atoms with Crippen molar-refractivity contribution in [2.24, 2.45) is 0 Å². The minimum absolute atomic E-state index is 0.112. The third-order valence-electron chi connectivity index (χ3n) is 3.94. The molecule has 3 aromatic rings. The molecule has 1 heterocycles. The zero-order chi connectivity index (χ0) is 18.7. The third-order valence-corrected chi connectivity index (χ3v) is 5.00. The van der Waals surface area contributed by atoms with E-state index >= 15 is 0 Å². The van der Waals surface area contributed by atoms with Crippen molar-refractivity contribution >= 4 is 23.4 Å². The lowest BCUT2D eigenvalue weighted by atomic mass is 10.1. The summed E-state index contributed by atoms with van der Waals surface area (Å²) >= 11 is 1.27. The second-order valence-electron chi connectivity index (χ2n) is 6.16. The molecule has 6 nitrogen and oxygen atoms in total. The molecular weight excluding hydrogens is 346 g/mol. The van der Waals surface area contributed by atoms with E-state index in [0.717, 1.165) is 22.4 Å². The predicted molar refractivity (Wildman–Crippen MR) is 105 cm³/mol. The standard InChI is InChI=1S/C19H21N5OS/c1-12-4-8-15(9-5-12)17-22-23-19(24(17)20)26-14(3)18(25)21-16-10-6-13(2)7-11-16/h4-11,14H,20H2,1-3H3,(H,21,25). The maximum Gasteiger partial charge on any atom is 0.237 e. The minimum atomic E-state index is -0.367. The van der Waals surface area contributed by atoms with E-state index < -0.39 is 0 Å². The maximum atomic E-state index is 12.4. The Balaban J connectivity index is 1.69. The molecule has 1 atom stereocenters. The smallest absolute Gasteiger partial charge is 0.237 e. The highest BCUT2D eigenvalue weighted by molar-refractivity contribution is 8.00. The number of thioether (sulfide) groups is 1. The van der Waals surface area contributed by atoms with E-state index in [1.165, 1.54) is 16.4 Å². The van der Waals surface area contributed by atoms with Gasteiger partial charge < -0.3 is 11.2 Å². The first kappa shape index (κ1) is 18.0. The van der Waals surface area contributed by atoms with Gasteiger partial charge in [0.2, 0.25) is 11.1 Å². The largest absolute Gasteiger partial charge is 0.335 e. The Morgan fingerprint density at radius 3 is 2.23 bits per heavy atom. The van der Waals surface area contributed by atoms with Crippen LogP contribution in [-0.4, -0.2) is 26.0 Å². The van der Waals surface area contributed by atoms with Crippen molar-refractivity contribution in [1.29, 1.82) is 0 Å². The van der Waals surface area contributed by atoms with Crippen LogP contribution in [0.15, 0.2) is 53.7 Å². The van der Waals surface area contributed by atoms with Gasteiger partial charge in [0.1, 0.15) is 0 Å². The summed E-state index contributed by atoms with van der Waals surface area (Å²) in [6.07, 6.45) is 0. The fourth-order valence-electron chi connectivity index (χ4n) is 2.35. The fraction of sp³-hybridized carbons (Fsp3) is 0.211. The monoisotopic (exact) mass is 367 g/mol. The number of aryl methyl sites for hydroxylation is 2. The molecule has 0 aliphatic rings. The summed E-state index contributed by atoms with van der Waals surface area (Å²) in [5.74, 6) is 6.59. The number of rotatable bonds is 5. The molecule has 1 amide bonds. The molecule has 1 aromatic heterocycles. The first-order valence-electron chi connectivity index (χ1n) is 8.26. The highest BCUT2D eigenvalue weighted by atomic mass is 32.2. The van der Waals surface area contributed by atoms with Gasteiger partial charge in [-0.05, 0) is 32.9 Å². The van der Waals surface area contributed by atoms with Gasteiger partial charge in [0.05, 0.1) is 5.25 Å². The molecule has 0 spiro atoms. The Bertz CT molecular complexity index is 903. The summed E-state index contributed by atoms with van der Waals surface area (Å²) in [6.45, 7) is 5.84. The summed E-state index contributed by atoms with van der Waals surface area (Å²) in [5, 5.41) is 11.3. The highest BCUT2D eigenvalue weighted by Gasteiger charge is 2.20. The van der Waals surface area contributed by atoms with Gasteiger partial charge in [0.25, 0.3) is 0 Å². The van der Waals surface area contributed by atoms with Crippen LogP contribution in [0, 0.1) is 13.8 Å². The van der Waals surface area contributed by atoms with E-state index in [1.54, 1.807) is 0 Å². The van der Waals surface area contributed by atoms with Crippen LogP contribution in [0.4, 0.5) is 5.69 Å². The summed E-state index contributed by atoms with van der Waals surface area (Å²) in [6, 6.07) is 15.6. The van der Waals surface area contributed by atoms with Crippen molar-refractivity contribution in [3.8, 4) is 11.4 Å². The summed E-state index contributed by atoms with van der Waals surface area (Å²) in [7, 11) is 0. The van der Waals surface area contributed by atoms with Gasteiger partial charge in [0.15, 0.2) is 5.82 Å². The van der Waals surface area contributed by atoms with E-state index in [0.29, 0.717) is 11.0 Å². The maximum absolute atomic E-state index is 12.4. The van der Waals surface area contributed by atoms with Crippen LogP contribution in [0.2, 0.25) is 0 Å². The van der Waals surface area contributed by atoms with Crippen LogP contribution < -0.4 is 11.2 Å². The fourth-order valence-corrected chi connectivity index (χ4v) is 3.12. The van der Waals surface area contributed by atoms with Crippen LogP contribution in [-0.2, 0) is 4.79 Å². The number of nitrogens with zero attached hydrogens (tertiary/aromatic N) is 3. The van der Waals surface area contributed by atoms with E-state index in [1.807, 2.05) is 69.3 Å². The topological polar surface area (TPSA) is 85.8 Å². The van der Waals surface area contributed by atoms with Gasteiger partial charge in [-0.25, -0.2) is 4.68 Å². The van der Waals surface area contributed by atoms with Crippen molar-refractivity contribution < 1.29 is 4.79 Å². The Labute approximate surface area is 156 Å². The highest BCUT2D eigenvalue weighted by Crippen LogP contribution is 2.25. The number of nitrogens with one attached hydrogen (secondary N) is 1. The lowest BCUT2D eigenvalue weighted by Gasteiger charge is -2.11. The van der Waals surface area contributed by atoms with Crippen LogP contribution in [0.3, 0.4) is 0 Å². The summed E-state index contributed by atoms with van der Waals surface area (Å²) in [5.41, 5.74) is 3.95. The number of amides is 1. The molecule has 0 radical (unpaired) electrons. The molecular formula is C19H21N5OS. The second kappa shape index (κ2) is 7.61. The van der Waals surface area contributed by atoms with E-state index in [9.17, 15) is 4.79 Å². The van der Waals surface area contributed by atoms with Gasteiger partial charge in [-0.15, -0.1) is 10.2 Å². The molecule has 0 aliphatic carbocycles. The van der Waals surface area contributed by atoms with Crippen molar-refractivity contribution in [3.05, 3.63) is 59.7 Å². The number of nitrogens with two attached hydrogens (primary N) is 1. The van der Waals surface area contributed by atoms with Gasteiger partial charge >= 0.3 is 0 Å². The van der Waals surface area contributed by atoms with E-state index in [2.05, 4.69) is 15.5 Å². The molecule has 0 bridgehead atoms. The van der Waals surface area contributed by atoms with Crippen LogP contribution in [0.25, 0.3) is 11.4 Å². The Morgan fingerprint density at radius 2 is 1.62 bits per heavy atom. The molecule has 1 unspecified atom stereocenters. The number of hydrogen-bond acceptors (Lipinski definition) is 5. The normalized spacial score (nSPS) is 12.0. The van der Waals surface area contributed by atoms with Crippen molar-refractivity contribution in [1.82, 2.24) is 14.9 Å². The molecule has 3 N–H and O–H groups in total. The zero-order valence-corrected chi connectivity index (χ0v) is 15.7. The first-order chi connectivity index (χ1) is 12.4. The number of aromatic nitrogens is 3. The van der Waals surface area contributed by atoms with Crippen molar-refractivity contribution in [2.45, 2.75) is 31.2 Å².